The first kappa shape index (κ1) is 14.2. The van der Waals surface area contributed by atoms with Crippen LogP contribution in [0.15, 0.2) is 0 Å². The van der Waals surface area contributed by atoms with Gasteiger partial charge in [0.1, 0.15) is 0 Å². The number of aliphatic hydroxyl groups excluding tert-OH is 1. The van der Waals surface area contributed by atoms with Crippen molar-refractivity contribution in [2.45, 2.75) is 76.9 Å². The van der Waals surface area contributed by atoms with Crippen molar-refractivity contribution in [3.8, 4) is 0 Å². The summed E-state index contributed by atoms with van der Waals surface area (Å²) in [6, 6.07) is 1.46. The molecule has 0 bridgehead atoms. The third-order valence-electron chi connectivity index (χ3n) is 2.78. The molecule has 1 nitrogen and oxygen atoms in total. The second-order valence-electron chi connectivity index (χ2n) is 4.35. The number of aliphatic hydroxyl groups is 1. The summed E-state index contributed by atoms with van der Waals surface area (Å²) >= 11 is 0. The normalized spacial score (nSPS) is 13.3. The van der Waals surface area contributed by atoms with Crippen LogP contribution in [0.3, 0.4) is 0 Å². The van der Waals surface area contributed by atoms with Crippen LogP contribution in [0.1, 0.15) is 64.7 Å². The molecule has 0 fully saturated rings. The van der Waals surface area contributed by atoms with Crippen LogP contribution in [0.4, 0.5) is 0 Å². The van der Waals surface area contributed by atoms with Crippen LogP contribution in [0.5, 0.6) is 0 Å². The SMILES string of the molecule is CCCCC(O)CCCCCCC[SiH3]. The molecule has 1 N–H and O–H groups in total. The van der Waals surface area contributed by atoms with Gasteiger partial charge in [-0.3, -0.25) is 0 Å². The Morgan fingerprint density at radius 2 is 1.50 bits per heavy atom. The predicted octanol–water partition coefficient (Wildman–Crippen LogP) is 2.66. The topological polar surface area (TPSA) is 20.2 Å². The Balaban J connectivity index is 3.02. The molecule has 0 saturated heterocycles. The van der Waals surface area contributed by atoms with Crippen molar-refractivity contribution in [1.29, 1.82) is 0 Å². The minimum atomic E-state index is -0.0199. The third-order valence-corrected chi connectivity index (χ3v) is 3.49. The molecule has 0 amide bonds. The summed E-state index contributed by atoms with van der Waals surface area (Å²) in [5.41, 5.74) is 0. The molecule has 0 aromatic rings. The molecule has 2 heteroatoms. The van der Waals surface area contributed by atoms with Crippen molar-refractivity contribution in [2.24, 2.45) is 0 Å². The summed E-state index contributed by atoms with van der Waals surface area (Å²) in [5.74, 6) is 0. The van der Waals surface area contributed by atoms with E-state index >= 15 is 0 Å². The molecule has 86 valence electrons. The highest BCUT2D eigenvalue weighted by Gasteiger charge is 2.02. The first-order valence-corrected chi connectivity index (χ1v) is 7.90. The summed E-state index contributed by atoms with van der Waals surface area (Å²) in [7, 11) is 1.37. The predicted molar refractivity (Wildman–Crippen MR) is 68.0 cm³/mol. The smallest absolute Gasteiger partial charge is 0.0540 e. The lowest BCUT2D eigenvalue weighted by molar-refractivity contribution is 0.148. The van der Waals surface area contributed by atoms with E-state index in [1.807, 2.05) is 0 Å². The van der Waals surface area contributed by atoms with E-state index in [2.05, 4.69) is 6.92 Å². The Bertz CT molecular complexity index is 106. The summed E-state index contributed by atoms with van der Waals surface area (Å²) in [4.78, 5) is 0. The number of unbranched alkanes of at least 4 members (excludes halogenated alkanes) is 5. The number of hydrogen-bond acceptors (Lipinski definition) is 1. The van der Waals surface area contributed by atoms with Gasteiger partial charge in [0, 0.05) is 10.2 Å². The van der Waals surface area contributed by atoms with Gasteiger partial charge in [-0.05, 0) is 12.8 Å². The van der Waals surface area contributed by atoms with Crippen molar-refractivity contribution in [2.75, 3.05) is 0 Å². The monoisotopic (exact) mass is 216 g/mol. The zero-order valence-corrected chi connectivity index (χ0v) is 12.1. The van der Waals surface area contributed by atoms with Crippen molar-refractivity contribution in [1.82, 2.24) is 0 Å². The Morgan fingerprint density at radius 1 is 0.929 bits per heavy atom. The van der Waals surface area contributed by atoms with Crippen LogP contribution in [-0.2, 0) is 0 Å². The Labute approximate surface area is 92.7 Å². The van der Waals surface area contributed by atoms with E-state index in [0.29, 0.717) is 0 Å². The molecule has 1 atom stereocenters. The molecule has 0 saturated carbocycles. The lowest BCUT2D eigenvalue weighted by Crippen LogP contribution is -2.05. The maximum atomic E-state index is 9.59. The number of hydrogen-bond donors (Lipinski definition) is 1. The first-order chi connectivity index (χ1) is 6.81. The summed E-state index contributed by atoms with van der Waals surface area (Å²) in [5, 5.41) is 9.59. The minimum absolute atomic E-state index is 0.0199. The van der Waals surface area contributed by atoms with Gasteiger partial charge in [0.05, 0.1) is 6.10 Å². The molecule has 0 aliphatic carbocycles. The van der Waals surface area contributed by atoms with Crippen LogP contribution in [-0.4, -0.2) is 21.5 Å². The minimum Gasteiger partial charge on any atom is -0.393 e. The summed E-state index contributed by atoms with van der Waals surface area (Å²) < 4.78 is 0. The molecule has 0 rings (SSSR count). The van der Waals surface area contributed by atoms with Crippen LogP contribution in [0, 0.1) is 0 Å². The molecular weight excluding hydrogens is 188 g/mol. The molecule has 0 aliphatic heterocycles. The highest BCUT2D eigenvalue weighted by molar-refractivity contribution is 6.08. The largest absolute Gasteiger partial charge is 0.393 e. The van der Waals surface area contributed by atoms with Gasteiger partial charge in [0.15, 0.2) is 0 Å². The fourth-order valence-corrected chi connectivity index (χ4v) is 2.24. The molecule has 0 heterocycles. The van der Waals surface area contributed by atoms with E-state index in [9.17, 15) is 5.11 Å². The Hall–Kier alpha value is 0.177. The molecule has 0 aliphatic rings. The molecule has 0 aromatic heterocycles. The van der Waals surface area contributed by atoms with Gasteiger partial charge < -0.3 is 5.11 Å². The molecule has 0 spiro atoms. The fourth-order valence-electron chi connectivity index (χ4n) is 1.74. The lowest BCUT2D eigenvalue weighted by atomic mass is 10.0. The molecule has 0 radical (unpaired) electrons. The Kier molecular flexibility index (Phi) is 11.4. The summed E-state index contributed by atoms with van der Waals surface area (Å²) in [6.07, 6.45) is 11.2. The van der Waals surface area contributed by atoms with E-state index < -0.39 is 0 Å². The van der Waals surface area contributed by atoms with E-state index in [-0.39, 0.29) is 6.10 Å². The van der Waals surface area contributed by atoms with Crippen molar-refractivity contribution in [3.63, 3.8) is 0 Å². The zero-order valence-electron chi connectivity index (χ0n) is 10.1. The van der Waals surface area contributed by atoms with Crippen molar-refractivity contribution >= 4 is 10.2 Å². The molecule has 14 heavy (non-hydrogen) atoms. The van der Waals surface area contributed by atoms with Crippen LogP contribution in [0.25, 0.3) is 0 Å². The quantitative estimate of drug-likeness (QED) is 0.440. The maximum Gasteiger partial charge on any atom is 0.0540 e. The van der Waals surface area contributed by atoms with Gasteiger partial charge in [0.2, 0.25) is 0 Å². The first-order valence-electron chi connectivity index (χ1n) is 6.49. The van der Waals surface area contributed by atoms with Gasteiger partial charge in [-0.2, -0.15) is 0 Å². The average molecular weight is 216 g/mol. The van der Waals surface area contributed by atoms with E-state index in [1.54, 1.807) is 0 Å². The number of rotatable bonds is 10. The van der Waals surface area contributed by atoms with Gasteiger partial charge in [-0.1, -0.05) is 57.9 Å². The van der Waals surface area contributed by atoms with Crippen LogP contribution >= 0.6 is 0 Å². The lowest BCUT2D eigenvalue weighted by Gasteiger charge is -2.09. The summed E-state index contributed by atoms with van der Waals surface area (Å²) in [6.45, 7) is 2.18. The third kappa shape index (κ3) is 10.3. The van der Waals surface area contributed by atoms with Crippen LogP contribution in [0.2, 0.25) is 6.04 Å². The molecular formula is C12H28OSi. The molecule has 1 unspecified atom stereocenters. The molecule has 0 aromatic carbocycles. The Morgan fingerprint density at radius 3 is 2.14 bits per heavy atom. The van der Waals surface area contributed by atoms with Gasteiger partial charge >= 0.3 is 0 Å². The second-order valence-corrected chi connectivity index (χ2v) is 5.35. The van der Waals surface area contributed by atoms with E-state index in [4.69, 9.17) is 0 Å². The van der Waals surface area contributed by atoms with Crippen LogP contribution < -0.4 is 0 Å². The van der Waals surface area contributed by atoms with E-state index in [0.717, 1.165) is 12.8 Å². The fraction of sp³-hybridized carbons (Fsp3) is 1.00. The van der Waals surface area contributed by atoms with Gasteiger partial charge in [0.25, 0.3) is 0 Å². The van der Waals surface area contributed by atoms with Gasteiger partial charge in [-0.15, -0.1) is 0 Å². The van der Waals surface area contributed by atoms with Gasteiger partial charge in [-0.25, -0.2) is 0 Å². The highest BCUT2D eigenvalue weighted by atomic mass is 28.1. The van der Waals surface area contributed by atoms with Crippen molar-refractivity contribution in [3.05, 3.63) is 0 Å². The van der Waals surface area contributed by atoms with Crippen molar-refractivity contribution < 1.29 is 5.11 Å². The highest BCUT2D eigenvalue weighted by Crippen LogP contribution is 2.11. The zero-order chi connectivity index (χ0) is 10.6. The maximum absolute atomic E-state index is 9.59. The van der Waals surface area contributed by atoms with E-state index in [1.165, 1.54) is 61.2 Å². The second kappa shape index (κ2) is 11.3. The average Bonchev–Trinajstić information content (AvgIpc) is 2.20. The standard InChI is InChI=1S/C12H28OSi/c1-2-3-9-12(13)10-7-5-4-6-8-11-14/h12-13H,2-11H2,1,14H3.